The molecule has 6 nitrogen and oxygen atoms in total. The van der Waals surface area contributed by atoms with Crippen molar-refractivity contribution in [2.45, 2.75) is 52.4 Å². The lowest BCUT2D eigenvalue weighted by Gasteiger charge is -2.14. The maximum absolute atomic E-state index is 11.3. The Morgan fingerprint density at radius 3 is 2.37 bits per heavy atom. The van der Waals surface area contributed by atoms with Gasteiger partial charge in [-0.05, 0) is 12.3 Å². The SMILES string of the molecule is CCCCC(CC)COC(=O)CCC(=O)OS(=O)[O-]. The van der Waals surface area contributed by atoms with Crippen molar-refractivity contribution in [3.05, 3.63) is 0 Å². The molecule has 0 saturated heterocycles. The maximum Gasteiger partial charge on any atom is 0.319 e. The summed E-state index contributed by atoms with van der Waals surface area (Å²) in [5.41, 5.74) is 0. The van der Waals surface area contributed by atoms with Gasteiger partial charge < -0.3 is 13.5 Å². The highest BCUT2D eigenvalue weighted by atomic mass is 32.2. The fraction of sp³-hybridized carbons (Fsp3) is 0.833. The normalized spacial score (nSPS) is 13.6. The van der Waals surface area contributed by atoms with Gasteiger partial charge in [-0.25, -0.2) is 4.21 Å². The maximum atomic E-state index is 11.3. The van der Waals surface area contributed by atoms with Crippen LogP contribution in [0.3, 0.4) is 0 Å². The Kier molecular flexibility index (Phi) is 10.4. The van der Waals surface area contributed by atoms with Crippen molar-refractivity contribution in [2.24, 2.45) is 5.92 Å². The summed E-state index contributed by atoms with van der Waals surface area (Å²) in [4.78, 5) is 22.2. The lowest BCUT2D eigenvalue weighted by molar-refractivity contribution is -0.148. The van der Waals surface area contributed by atoms with Crippen LogP contribution in [0.25, 0.3) is 0 Å². The molecule has 0 saturated carbocycles. The highest BCUT2D eigenvalue weighted by Gasteiger charge is 2.12. The monoisotopic (exact) mass is 293 g/mol. The predicted octanol–water partition coefficient (Wildman–Crippen LogP) is 1.86. The van der Waals surface area contributed by atoms with Crippen LogP contribution in [-0.2, 0) is 29.9 Å². The van der Waals surface area contributed by atoms with Gasteiger partial charge in [0.05, 0.1) is 19.4 Å². The number of hydrogen-bond acceptors (Lipinski definition) is 6. The summed E-state index contributed by atoms with van der Waals surface area (Å²) in [5, 5.41) is 0. The molecule has 0 aliphatic rings. The summed E-state index contributed by atoms with van der Waals surface area (Å²) in [6, 6.07) is 0. The van der Waals surface area contributed by atoms with Gasteiger partial charge >= 0.3 is 11.9 Å². The Morgan fingerprint density at radius 2 is 1.84 bits per heavy atom. The zero-order valence-electron chi connectivity index (χ0n) is 11.4. The molecule has 0 fully saturated rings. The number of esters is 1. The smallest absolute Gasteiger partial charge is 0.319 e. The van der Waals surface area contributed by atoms with E-state index >= 15 is 0 Å². The molecule has 0 aliphatic carbocycles. The largest absolute Gasteiger partial charge is 0.740 e. The van der Waals surface area contributed by atoms with Gasteiger partial charge in [0.1, 0.15) is 11.4 Å². The lowest BCUT2D eigenvalue weighted by atomic mass is 10.0. The third kappa shape index (κ3) is 10.6. The van der Waals surface area contributed by atoms with Crippen LogP contribution in [0.15, 0.2) is 0 Å². The number of ether oxygens (including phenoxy) is 1. The molecule has 0 N–H and O–H groups in total. The van der Waals surface area contributed by atoms with Crippen molar-refractivity contribution in [1.29, 1.82) is 0 Å². The Morgan fingerprint density at radius 1 is 1.21 bits per heavy atom. The van der Waals surface area contributed by atoms with Crippen molar-refractivity contribution >= 4 is 23.3 Å². The molecule has 0 bridgehead atoms. The van der Waals surface area contributed by atoms with E-state index in [2.05, 4.69) is 11.1 Å². The van der Waals surface area contributed by atoms with Gasteiger partial charge in [-0.3, -0.25) is 9.59 Å². The summed E-state index contributed by atoms with van der Waals surface area (Å²) in [6.07, 6.45) is 3.68. The summed E-state index contributed by atoms with van der Waals surface area (Å²) in [6.45, 7) is 4.48. The second-order valence-electron chi connectivity index (χ2n) is 4.26. The van der Waals surface area contributed by atoms with Gasteiger partial charge in [-0.2, -0.15) is 0 Å². The van der Waals surface area contributed by atoms with Crippen LogP contribution in [0.2, 0.25) is 0 Å². The topological polar surface area (TPSA) is 92.7 Å². The van der Waals surface area contributed by atoms with Crippen molar-refractivity contribution in [1.82, 2.24) is 0 Å². The average Bonchev–Trinajstić information content (AvgIpc) is 2.35. The molecule has 7 heteroatoms. The number of carbonyl (C=O) groups excluding carboxylic acids is 2. The van der Waals surface area contributed by atoms with Gasteiger partial charge in [0, 0.05) is 0 Å². The van der Waals surface area contributed by atoms with Crippen LogP contribution in [0.5, 0.6) is 0 Å². The second kappa shape index (κ2) is 10.9. The first-order chi connectivity index (χ1) is 8.99. The molecule has 0 heterocycles. The highest BCUT2D eigenvalue weighted by molar-refractivity contribution is 7.74. The van der Waals surface area contributed by atoms with Crippen LogP contribution in [0, 0.1) is 5.92 Å². The van der Waals surface area contributed by atoms with E-state index in [1.807, 2.05) is 6.92 Å². The summed E-state index contributed by atoms with van der Waals surface area (Å²) in [7, 11) is 0. The molecule has 19 heavy (non-hydrogen) atoms. The first-order valence-corrected chi connectivity index (χ1v) is 7.45. The molecule has 2 atom stereocenters. The molecule has 0 amide bonds. The fourth-order valence-corrected chi connectivity index (χ4v) is 1.74. The Balaban J connectivity index is 3.79. The lowest BCUT2D eigenvalue weighted by Crippen LogP contribution is -2.15. The van der Waals surface area contributed by atoms with Crippen LogP contribution in [-0.4, -0.2) is 27.3 Å². The minimum absolute atomic E-state index is 0.166. The van der Waals surface area contributed by atoms with E-state index in [4.69, 9.17) is 4.74 Å². The highest BCUT2D eigenvalue weighted by Crippen LogP contribution is 2.13. The quantitative estimate of drug-likeness (QED) is 0.451. The van der Waals surface area contributed by atoms with Crippen molar-refractivity contribution in [2.75, 3.05) is 6.61 Å². The first-order valence-electron chi connectivity index (χ1n) is 6.45. The van der Waals surface area contributed by atoms with Gasteiger partial charge in [-0.15, -0.1) is 0 Å². The number of rotatable bonds is 10. The molecule has 0 aromatic heterocycles. The standard InChI is InChI=1S/C12H22O6S/c1-3-5-6-10(4-2)9-17-11(13)7-8-12(14)18-19(15)16/h10H,3-9H2,1-2H3,(H,15,16)/p-1. The summed E-state index contributed by atoms with van der Waals surface area (Å²) < 4.78 is 29.0. The van der Waals surface area contributed by atoms with E-state index < -0.39 is 23.3 Å². The molecule has 2 unspecified atom stereocenters. The van der Waals surface area contributed by atoms with Gasteiger partial charge in [0.15, 0.2) is 0 Å². The zero-order valence-corrected chi connectivity index (χ0v) is 12.2. The molecular weight excluding hydrogens is 272 g/mol. The Bertz CT molecular complexity index is 305. The molecule has 0 radical (unpaired) electrons. The molecule has 0 aromatic carbocycles. The molecular formula is C12H21O6S-. The first kappa shape index (κ1) is 18.0. The molecule has 112 valence electrons. The van der Waals surface area contributed by atoms with Crippen LogP contribution >= 0.6 is 0 Å². The van der Waals surface area contributed by atoms with Gasteiger partial charge in [0.25, 0.3) is 0 Å². The second-order valence-corrected chi connectivity index (χ2v) is 4.83. The van der Waals surface area contributed by atoms with Gasteiger partial charge in [-0.1, -0.05) is 33.1 Å². The number of hydrogen-bond donors (Lipinski definition) is 0. The third-order valence-electron chi connectivity index (χ3n) is 2.72. The minimum atomic E-state index is -2.88. The van der Waals surface area contributed by atoms with E-state index in [9.17, 15) is 18.4 Å². The Hall–Kier alpha value is -0.950. The van der Waals surface area contributed by atoms with Crippen LogP contribution in [0.1, 0.15) is 52.4 Å². The molecule has 0 rings (SSSR count). The molecule has 0 aromatic rings. The van der Waals surface area contributed by atoms with Gasteiger partial charge in [0.2, 0.25) is 0 Å². The summed E-state index contributed by atoms with van der Waals surface area (Å²) in [5.74, 6) is -1.13. The fourth-order valence-electron chi connectivity index (χ4n) is 1.50. The predicted molar refractivity (Wildman–Crippen MR) is 68.5 cm³/mol. The van der Waals surface area contributed by atoms with E-state index in [-0.39, 0.29) is 12.8 Å². The minimum Gasteiger partial charge on any atom is -0.740 e. The van der Waals surface area contributed by atoms with E-state index in [1.165, 1.54) is 0 Å². The van der Waals surface area contributed by atoms with Crippen LogP contribution < -0.4 is 0 Å². The molecule has 0 spiro atoms. The van der Waals surface area contributed by atoms with Crippen LogP contribution in [0.4, 0.5) is 0 Å². The average molecular weight is 293 g/mol. The van der Waals surface area contributed by atoms with E-state index in [0.717, 1.165) is 25.7 Å². The summed E-state index contributed by atoms with van der Waals surface area (Å²) >= 11 is -2.88. The van der Waals surface area contributed by atoms with Crippen molar-refractivity contribution < 1.29 is 27.3 Å². The van der Waals surface area contributed by atoms with Crippen molar-refractivity contribution in [3.63, 3.8) is 0 Å². The number of unbranched alkanes of at least 4 members (excludes halogenated alkanes) is 1. The van der Waals surface area contributed by atoms with E-state index in [0.29, 0.717) is 12.5 Å². The third-order valence-corrected chi connectivity index (χ3v) is 3.04. The Labute approximate surface area is 116 Å². The molecule has 0 aliphatic heterocycles. The van der Waals surface area contributed by atoms with Crippen molar-refractivity contribution in [3.8, 4) is 0 Å². The number of carbonyl (C=O) groups is 2. The van der Waals surface area contributed by atoms with E-state index in [1.54, 1.807) is 0 Å². The zero-order chi connectivity index (χ0) is 14.7.